The molecular formula is C10H9FN4O. The number of aromatic nitrogens is 3. The molecule has 1 aromatic heterocycles. The van der Waals surface area contributed by atoms with Gasteiger partial charge in [-0.2, -0.15) is 10.1 Å². The molecule has 1 heterocycles. The highest BCUT2D eigenvalue weighted by Crippen LogP contribution is 2.06. The molecule has 2 rings (SSSR count). The van der Waals surface area contributed by atoms with Crippen LogP contribution in [-0.2, 0) is 7.05 Å². The van der Waals surface area contributed by atoms with Gasteiger partial charge >= 0.3 is 0 Å². The van der Waals surface area contributed by atoms with E-state index in [1.807, 2.05) is 0 Å². The monoisotopic (exact) mass is 220 g/mol. The molecule has 0 fully saturated rings. The molecule has 0 unspecified atom stereocenters. The van der Waals surface area contributed by atoms with Crippen molar-refractivity contribution in [1.29, 1.82) is 0 Å². The van der Waals surface area contributed by atoms with Gasteiger partial charge in [-0.25, -0.2) is 9.07 Å². The quantitative estimate of drug-likeness (QED) is 0.827. The summed E-state index contributed by atoms with van der Waals surface area (Å²) in [5, 5.41) is 6.32. The van der Waals surface area contributed by atoms with E-state index in [9.17, 15) is 9.18 Å². The van der Waals surface area contributed by atoms with Crippen LogP contribution in [0.25, 0.3) is 0 Å². The molecule has 0 aliphatic heterocycles. The molecule has 0 saturated carbocycles. The highest BCUT2D eigenvalue weighted by molar-refractivity contribution is 6.03. The summed E-state index contributed by atoms with van der Waals surface area (Å²) >= 11 is 0. The largest absolute Gasteiger partial charge is 0.291 e. The van der Waals surface area contributed by atoms with Crippen LogP contribution in [0.5, 0.6) is 0 Å². The predicted molar refractivity (Wildman–Crippen MR) is 55.4 cm³/mol. The molecule has 1 N–H and O–H groups in total. The zero-order chi connectivity index (χ0) is 11.5. The van der Waals surface area contributed by atoms with Crippen molar-refractivity contribution in [2.24, 2.45) is 7.05 Å². The van der Waals surface area contributed by atoms with Gasteiger partial charge in [0, 0.05) is 12.6 Å². The van der Waals surface area contributed by atoms with Gasteiger partial charge in [0.2, 0.25) is 5.95 Å². The molecule has 2 aromatic rings. The van der Waals surface area contributed by atoms with Crippen LogP contribution in [0.2, 0.25) is 0 Å². The van der Waals surface area contributed by atoms with Gasteiger partial charge in [0.15, 0.2) is 0 Å². The van der Waals surface area contributed by atoms with Crippen molar-refractivity contribution in [3.8, 4) is 0 Å². The highest BCUT2D eigenvalue weighted by atomic mass is 19.1. The van der Waals surface area contributed by atoms with Crippen molar-refractivity contribution in [2.75, 3.05) is 5.32 Å². The number of hydrogen-bond donors (Lipinski definition) is 1. The maximum absolute atomic E-state index is 12.9. The van der Waals surface area contributed by atoms with E-state index in [-0.39, 0.29) is 5.56 Å². The zero-order valence-corrected chi connectivity index (χ0v) is 8.51. The number of halogens is 1. The average Bonchev–Trinajstić information content (AvgIpc) is 2.64. The molecule has 16 heavy (non-hydrogen) atoms. The van der Waals surface area contributed by atoms with E-state index in [1.165, 1.54) is 29.2 Å². The Bertz CT molecular complexity index is 523. The molecule has 1 aromatic carbocycles. The summed E-state index contributed by atoms with van der Waals surface area (Å²) < 4.78 is 14.3. The first kappa shape index (κ1) is 10.3. The van der Waals surface area contributed by atoms with Gasteiger partial charge in [-0.3, -0.25) is 10.1 Å². The van der Waals surface area contributed by atoms with E-state index in [1.54, 1.807) is 7.05 Å². The Morgan fingerprint density at radius 1 is 1.50 bits per heavy atom. The fourth-order valence-electron chi connectivity index (χ4n) is 1.21. The minimum absolute atomic E-state index is 0.239. The number of anilines is 1. The minimum atomic E-state index is -0.453. The number of aryl methyl sites for hydroxylation is 1. The van der Waals surface area contributed by atoms with E-state index >= 15 is 0 Å². The number of nitrogens with one attached hydrogen (secondary N) is 1. The summed E-state index contributed by atoms with van der Waals surface area (Å²) in [4.78, 5) is 15.5. The Balaban J connectivity index is 2.18. The standard InChI is InChI=1S/C10H9FN4O/c1-15-10(12-6-13-15)14-9(16)7-3-2-4-8(11)5-7/h2-6H,1H3,(H,12,13,14,16). The lowest BCUT2D eigenvalue weighted by molar-refractivity contribution is 0.102. The van der Waals surface area contributed by atoms with E-state index in [4.69, 9.17) is 0 Å². The van der Waals surface area contributed by atoms with Crippen LogP contribution in [-0.4, -0.2) is 20.7 Å². The number of carbonyl (C=O) groups is 1. The molecule has 1 amide bonds. The molecular weight excluding hydrogens is 211 g/mol. The number of rotatable bonds is 2. The first-order chi connectivity index (χ1) is 7.66. The molecule has 0 bridgehead atoms. The van der Waals surface area contributed by atoms with Crippen LogP contribution in [0.15, 0.2) is 30.6 Å². The molecule has 0 aliphatic rings. The fraction of sp³-hybridized carbons (Fsp3) is 0.100. The lowest BCUT2D eigenvalue weighted by Gasteiger charge is -2.03. The summed E-state index contributed by atoms with van der Waals surface area (Å²) in [5.41, 5.74) is 0.239. The number of nitrogens with zero attached hydrogens (tertiary/aromatic N) is 3. The third kappa shape index (κ3) is 2.05. The molecule has 6 heteroatoms. The van der Waals surface area contributed by atoms with Crippen molar-refractivity contribution in [3.63, 3.8) is 0 Å². The second kappa shape index (κ2) is 4.09. The van der Waals surface area contributed by atoms with E-state index < -0.39 is 11.7 Å². The van der Waals surface area contributed by atoms with Crippen LogP contribution in [0.1, 0.15) is 10.4 Å². The summed E-state index contributed by atoms with van der Waals surface area (Å²) in [5.74, 6) is -0.560. The van der Waals surface area contributed by atoms with E-state index in [0.717, 1.165) is 6.07 Å². The van der Waals surface area contributed by atoms with Gasteiger partial charge < -0.3 is 0 Å². The van der Waals surface area contributed by atoms with Crippen LogP contribution in [0.4, 0.5) is 10.3 Å². The second-order valence-electron chi connectivity index (χ2n) is 3.17. The summed E-state index contributed by atoms with van der Waals surface area (Å²) in [6.07, 6.45) is 1.32. The van der Waals surface area contributed by atoms with E-state index in [2.05, 4.69) is 15.4 Å². The maximum Gasteiger partial charge on any atom is 0.258 e. The molecule has 0 radical (unpaired) electrons. The van der Waals surface area contributed by atoms with Crippen LogP contribution >= 0.6 is 0 Å². The van der Waals surface area contributed by atoms with Gasteiger partial charge in [-0.15, -0.1) is 0 Å². The fourth-order valence-corrected chi connectivity index (χ4v) is 1.21. The van der Waals surface area contributed by atoms with Gasteiger partial charge in [0.25, 0.3) is 5.91 Å². The zero-order valence-electron chi connectivity index (χ0n) is 8.51. The lowest BCUT2D eigenvalue weighted by atomic mass is 10.2. The van der Waals surface area contributed by atoms with Crippen molar-refractivity contribution < 1.29 is 9.18 Å². The first-order valence-electron chi connectivity index (χ1n) is 4.58. The predicted octanol–water partition coefficient (Wildman–Crippen LogP) is 1.21. The molecule has 5 nitrogen and oxygen atoms in total. The Labute approximate surface area is 90.9 Å². The average molecular weight is 220 g/mol. The topological polar surface area (TPSA) is 59.8 Å². The molecule has 0 saturated heterocycles. The third-order valence-corrected chi connectivity index (χ3v) is 2.02. The van der Waals surface area contributed by atoms with Crippen molar-refractivity contribution >= 4 is 11.9 Å². The number of benzene rings is 1. The summed E-state index contributed by atoms with van der Waals surface area (Å²) in [7, 11) is 1.65. The first-order valence-corrected chi connectivity index (χ1v) is 4.58. The molecule has 0 atom stereocenters. The van der Waals surface area contributed by atoms with Crippen molar-refractivity contribution in [1.82, 2.24) is 14.8 Å². The molecule has 0 spiro atoms. The van der Waals surface area contributed by atoms with Crippen LogP contribution in [0, 0.1) is 5.82 Å². The van der Waals surface area contributed by atoms with Crippen LogP contribution < -0.4 is 5.32 Å². The van der Waals surface area contributed by atoms with Gasteiger partial charge in [-0.1, -0.05) is 6.07 Å². The van der Waals surface area contributed by atoms with E-state index in [0.29, 0.717) is 5.95 Å². The Morgan fingerprint density at radius 2 is 2.31 bits per heavy atom. The smallest absolute Gasteiger partial charge is 0.258 e. The van der Waals surface area contributed by atoms with Crippen molar-refractivity contribution in [2.45, 2.75) is 0 Å². The Kier molecular flexibility index (Phi) is 2.63. The molecule has 82 valence electrons. The number of hydrogen-bond acceptors (Lipinski definition) is 3. The number of carbonyl (C=O) groups excluding carboxylic acids is 1. The highest BCUT2D eigenvalue weighted by Gasteiger charge is 2.09. The summed E-state index contributed by atoms with van der Waals surface area (Å²) in [6.45, 7) is 0. The Morgan fingerprint density at radius 3 is 2.94 bits per heavy atom. The number of amides is 1. The maximum atomic E-state index is 12.9. The van der Waals surface area contributed by atoms with Crippen molar-refractivity contribution in [3.05, 3.63) is 42.0 Å². The third-order valence-electron chi connectivity index (χ3n) is 2.02. The van der Waals surface area contributed by atoms with Gasteiger partial charge in [-0.05, 0) is 18.2 Å². The summed E-state index contributed by atoms with van der Waals surface area (Å²) in [6, 6.07) is 5.43. The van der Waals surface area contributed by atoms with Gasteiger partial charge in [0.1, 0.15) is 12.1 Å². The minimum Gasteiger partial charge on any atom is -0.291 e. The second-order valence-corrected chi connectivity index (χ2v) is 3.17. The molecule has 0 aliphatic carbocycles. The van der Waals surface area contributed by atoms with Crippen LogP contribution in [0.3, 0.4) is 0 Å². The Hall–Kier alpha value is -2.24. The normalized spacial score (nSPS) is 10.1. The van der Waals surface area contributed by atoms with Gasteiger partial charge in [0.05, 0.1) is 0 Å². The SMILES string of the molecule is Cn1ncnc1NC(=O)c1cccc(F)c1. The lowest BCUT2D eigenvalue weighted by Crippen LogP contribution is -2.15.